The topological polar surface area (TPSA) is 51.5 Å². The van der Waals surface area contributed by atoms with Gasteiger partial charge in [-0.25, -0.2) is 0 Å². The van der Waals surface area contributed by atoms with Crippen LogP contribution in [0.3, 0.4) is 0 Å². The fourth-order valence-electron chi connectivity index (χ4n) is 1.78. The Bertz CT molecular complexity index is 624. The van der Waals surface area contributed by atoms with E-state index in [-0.39, 0.29) is 0 Å². The first-order chi connectivity index (χ1) is 8.85. The molecule has 1 aliphatic heterocycles. The van der Waals surface area contributed by atoms with E-state index >= 15 is 0 Å². The Labute approximate surface area is 112 Å². The van der Waals surface area contributed by atoms with E-state index < -0.39 is 0 Å². The highest BCUT2D eigenvalue weighted by molar-refractivity contribution is 7.21. The molecule has 6 heteroatoms. The van der Waals surface area contributed by atoms with Crippen LogP contribution in [0.2, 0.25) is 0 Å². The smallest absolute Gasteiger partial charge is 0.180 e. The van der Waals surface area contributed by atoms with E-state index in [1.54, 1.807) is 7.11 Å². The molecule has 0 amide bonds. The van der Waals surface area contributed by atoms with Crippen molar-refractivity contribution >= 4 is 22.7 Å². The summed E-state index contributed by atoms with van der Waals surface area (Å²) < 4.78 is 16.3. The second-order valence-corrected chi connectivity index (χ2v) is 5.33. The predicted octanol–water partition coefficient (Wildman–Crippen LogP) is 3.13. The van der Waals surface area contributed by atoms with Crippen molar-refractivity contribution in [2.45, 2.75) is 0 Å². The molecule has 0 fully saturated rings. The summed E-state index contributed by atoms with van der Waals surface area (Å²) in [4.78, 5) is 1.82. The van der Waals surface area contributed by atoms with Crippen molar-refractivity contribution in [1.29, 1.82) is 5.26 Å². The van der Waals surface area contributed by atoms with Crippen molar-refractivity contribution in [2.24, 2.45) is 0 Å². The SMILES string of the molecule is COc1csc(-c2scc3c2OCCO3)c1C#N. The van der Waals surface area contributed by atoms with E-state index in [9.17, 15) is 5.26 Å². The molecule has 0 bridgehead atoms. The van der Waals surface area contributed by atoms with E-state index in [4.69, 9.17) is 14.2 Å². The van der Waals surface area contributed by atoms with Gasteiger partial charge in [-0.15, -0.1) is 22.7 Å². The summed E-state index contributed by atoms with van der Waals surface area (Å²) in [7, 11) is 1.57. The van der Waals surface area contributed by atoms with Gasteiger partial charge in [0, 0.05) is 10.8 Å². The van der Waals surface area contributed by atoms with Crippen LogP contribution in [0.4, 0.5) is 0 Å². The summed E-state index contributed by atoms with van der Waals surface area (Å²) >= 11 is 3.01. The highest BCUT2D eigenvalue weighted by atomic mass is 32.1. The Balaban J connectivity index is 2.13. The van der Waals surface area contributed by atoms with Gasteiger partial charge in [-0.1, -0.05) is 0 Å². The lowest BCUT2D eigenvalue weighted by Gasteiger charge is -2.15. The van der Waals surface area contributed by atoms with Gasteiger partial charge in [0.25, 0.3) is 0 Å². The number of thiophene rings is 2. The maximum Gasteiger partial charge on any atom is 0.180 e. The first kappa shape index (κ1) is 11.4. The van der Waals surface area contributed by atoms with E-state index in [0.29, 0.717) is 24.5 Å². The molecule has 0 saturated carbocycles. The van der Waals surface area contributed by atoms with Crippen LogP contribution < -0.4 is 14.2 Å². The lowest BCUT2D eigenvalue weighted by atomic mass is 10.2. The largest absolute Gasteiger partial charge is 0.494 e. The summed E-state index contributed by atoms with van der Waals surface area (Å²) in [5, 5.41) is 13.0. The van der Waals surface area contributed by atoms with Crippen molar-refractivity contribution in [1.82, 2.24) is 0 Å². The monoisotopic (exact) mass is 279 g/mol. The fourth-order valence-corrected chi connectivity index (χ4v) is 3.85. The summed E-state index contributed by atoms with van der Waals surface area (Å²) in [5.74, 6) is 2.11. The molecule has 0 atom stereocenters. The van der Waals surface area contributed by atoms with Crippen LogP contribution in [0.15, 0.2) is 10.8 Å². The fraction of sp³-hybridized carbons (Fsp3) is 0.250. The molecule has 0 aromatic carbocycles. The lowest BCUT2D eigenvalue weighted by Crippen LogP contribution is -2.14. The third kappa shape index (κ3) is 1.64. The Kier molecular flexibility index (Phi) is 2.86. The minimum Gasteiger partial charge on any atom is -0.494 e. The number of methoxy groups -OCH3 is 1. The predicted molar refractivity (Wildman–Crippen MR) is 69.9 cm³/mol. The van der Waals surface area contributed by atoms with Gasteiger partial charge in [0.1, 0.15) is 30.6 Å². The number of ether oxygens (including phenoxy) is 3. The van der Waals surface area contributed by atoms with Gasteiger partial charge >= 0.3 is 0 Å². The Hall–Kier alpha value is -1.71. The first-order valence-electron chi connectivity index (χ1n) is 5.28. The zero-order valence-corrected chi connectivity index (χ0v) is 11.2. The highest BCUT2D eigenvalue weighted by Gasteiger charge is 2.24. The van der Waals surface area contributed by atoms with Crippen LogP contribution in [0.5, 0.6) is 17.2 Å². The molecule has 0 saturated heterocycles. The summed E-state index contributed by atoms with van der Waals surface area (Å²) in [5.41, 5.74) is 0.557. The quantitative estimate of drug-likeness (QED) is 0.847. The normalized spacial score (nSPS) is 13.1. The number of nitrogens with zero attached hydrogens (tertiary/aromatic N) is 1. The molecule has 0 aliphatic carbocycles. The Morgan fingerprint density at radius 2 is 2.00 bits per heavy atom. The van der Waals surface area contributed by atoms with Crippen molar-refractivity contribution in [3.63, 3.8) is 0 Å². The lowest BCUT2D eigenvalue weighted by molar-refractivity contribution is 0.174. The molecule has 1 aliphatic rings. The van der Waals surface area contributed by atoms with Crippen molar-refractivity contribution in [3.05, 3.63) is 16.3 Å². The molecule has 0 spiro atoms. The second kappa shape index (κ2) is 4.52. The molecule has 2 aromatic heterocycles. The average Bonchev–Trinajstić information content (AvgIpc) is 3.01. The molecule has 2 aromatic rings. The maximum atomic E-state index is 9.23. The minimum absolute atomic E-state index is 0.543. The van der Waals surface area contributed by atoms with E-state index in [2.05, 4.69) is 6.07 Å². The molecular formula is C12H9NO3S2. The van der Waals surface area contributed by atoms with Crippen molar-refractivity contribution in [3.8, 4) is 33.1 Å². The van der Waals surface area contributed by atoms with Crippen LogP contribution in [-0.4, -0.2) is 20.3 Å². The third-order valence-corrected chi connectivity index (χ3v) is 4.66. The maximum absolute atomic E-state index is 9.23. The first-order valence-corrected chi connectivity index (χ1v) is 7.04. The summed E-state index contributed by atoms with van der Waals surface area (Å²) in [6.45, 7) is 1.11. The zero-order valence-electron chi connectivity index (χ0n) is 9.56. The van der Waals surface area contributed by atoms with Gasteiger partial charge < -0.3 is 14.2 Å². The van der Waals surface area contributed by atoms with Crippen molar-refractivity contribution < 1.29 is 14.2 Å². The Morgan fingerprint density at radius 3 is 2.78 bits per heavy atom. The number of hydrogen-bond acceptors (Lipinski definition) is 6. The Morgan fingerprint density at radius 1 is 1.22 bits per heavy atom. The van der Waals surface area contributed by atoms with Crippen LogP contribution in [0, 0.1) is 11.3 Å². The third-order valence-electron chi connectivity index (χ3n) is 2.60. The standard InChI is InChI=1S/C12H9NO3S2/c1-14-8-5-17-11(7(8)4-13)12-10-9(6-18-12)15-2-3-16-10/h5-6H,2-3H2,1H3. The van der Waals surface area contributed by atoms with Crippen LogP contribution in [-0.2, 0) is 0 Å². The number of fused-ring (bicyclic) bond motifs is 1. The molecule has 0 N–H and O–H groups in total. The summed E-state index contributed by atoms with van der Waals surface area (Å²) in [6, 6.07) is 2.19. The van der Waals surface area contributed by atoms with Crippen LogP contribution in [0.25, 0.3) is 9.75 Å². The molecular weight excluding hydrogens is 270 g/mol. The number of nitriles is 1. The van der Waals surface area contributed by atoms with E-state index in [1.807, 2.05) is 10.8 Å². The molecule has 3 rings (SSSR count). The number of rotatable bonds is 2. The van der Waals surface area contributed by atoms with E-state index in [0.717, 1.165) is 21.3 Å². The molecule has 0 radical (unpaired) electrons. The average molecular weight is 279 g/mol. The second-order valence-electron chi connectivity index (χ2n) is 3.58. The molecule has 0 unspecified atom stereocenters. The van der Waals surface area contributed by atoms with Gasteiger partial charge in [-0.3, -0.25) is 0 Å². The van der Waals surface area contributed by atoms with E-state index in [1.165, 1.54) is 22.7 Å². The van der Waals surface area contributed by atoms with Gasteiger partial charge in [0.2, 0.25) is 0 Å². The molecule has 18 heavy (non-hydrogen) atoms. The molecule has 92 valence electrons. The molecule has 4 nitrogen and oxygen atoms in total. The van der Waals surface area contributed by atoms with Crippen LogP contribution in [0.1, 0.15) is 5.56 Å². The summed E-state index contributed by atoms with van der Waals surface area (Å²) in [6.07, 6.45) is 0. The highest BCUT2D eigenvalue weighted by Crippen LogP contribution is 2.49. The number of hydrogen-bond donors (Lipinski definition) is 0. The van der Waals surface area contributed by atoms with Crippen LogP contribution >= 0.6 is 22.7 Å². The van der Waals surface area contributed by atoms with Gasteiger partial charge in [-0.05, 0) is 0 Å². The van der Waals surface area contributed by atoms with Gasteiger partial charge in [0.05, 0.1) is 16.9 Å². The van der Waals surface area contributed by atoms with Crippen molar-refractivity contribution in [2.75, 3.05) is 20.3 Å². The minimum atomic E-state index is 0.543. The molecule has 3 heterocycles. The zero-order chi connectivity index (χ0) is 12.5. The van der Waals surface area contributed by atoms with Gasteiger partial charge in [-0.2, -0.15) is 5.26 Å². The van der Waals surface area contributed by atoms with Gasteiger partial charge in [0.15, 0.2) is 11.5 Å².